The fourth-order valence-corrected chi connectivity index (χ4v) is 1.35. The summed E-state index contributed by atoms with van der Waals surface area (Å²) in [7, 11) is 3.23. The topological polar surface area (TPSA) is 31.6 Å². The zero-order chi connectivity index (χ0) is 9.26. The van der Waals surface area contributed by atoms with Crippen LogP contribution in [0.25, 0.3) is 11.0 Å². The molecule has 2 aromatic rings. The molecule has 1 aromatic heterocycles. The molecule has 0 amide bonds. The van der Waals surface area contributed by atoms with Gasteiger partial charge in [0.2, 0.25) is 0 Å². The average Bonchev–Trinajstić information content (AvgIpc) is 2.60. The van der Waals surface area contributed by atoms with E-state index >= 15 is 0 Å². The van der Waals surface area contributed by atoms with Crippen LogP contribution in [-0.4, -0.2) is 14.2 Å². The Hall–Kier alpha value is -1.64. The summed E-state index contributed by atoms with van der Waals surface area (Å²) >= 11 is 0. The third-order valence-electron chi connectivity index (χ3n) is 1.97. The molecule has 0 aliphatic heterocycles. The first-order valence-electron chi connectivity index (χ1n) is 3.95. The molecule has 0 saturated heterocycles. The van der Waals surface area contributed by atoms with E-state index in [2.05, 4.69) is 0 Å². The van der Waals surface area contributed by atoms with Crippen LogP contribution < -0.4 is 9.47 Å². The highest BCUT2D eigenvalue weighted by atomic mass is 16.5. The van der Waals surface area contributed by atoms with Crippen LogP contribution in [-0.2, 0) is 0 Å². The van der Waals surface area contributed by atoms with Crippen LogP contribution in [0.1, 0.15) is 0 Å². The number of ether oxygens (including phenoxy) is 2. The van der Waals surface area contributed by atoms with Crippen LogP contribution in [0.2, 0.25) is 0 Å². The predicted molar refractivity (Wildman–Crippen MR) is 49.3 cm³/mol. The minimum atomic E-state index is 0.701. The van der Waals surface area contributed by atoms with E-state index in [1.54, 1.807) is 20.5 Å². The maximum absolute atomic E-state index is 5.28. The third kappa shape index (κ3) is 1.13. The SMILES string of the molecule is COc1cccc2occ(OC)c12. The minimum absolute atomic E-state index is 0.701. The van der Waals surface area contributed by atoms with Gasteiger partial charge in [-0.3, -0.25) is 0 Å². The number of hydrogen-bond donors (Lipinski definition) is 0. The number of furan rings is 1. The van der Waals surface area contributed by atoms with Gasteiger partial charge >= 0.3 is 0 Å². The molecule has 3 heteroatoms. The second kappa shape index (κ2) is 3.01. The first-order chi connectivity index (χ1) is 6.36. The van der Waals surface area contributed by atoms with Crippen LogP contribution in [0, 0.1) is 0 Å². The predicted octanol–water partition coefficient (Wildman–Crippen LogP) is 2.45. The van der Waals surface area contributed by atoms with Crippen molar-refractivity contribution >= 4 is 11.0 Å². The van der Waals surface area contributed by atoms with Crippen LogP contribution in [0.4, 0.5) is 0 Å². The number of fused-ring (bicyclic) bond motifs is 1. The van der Waals surface area contributed by atoms with E-state index in [1.165, 1.54) is 0 Å². The highest BCUT2D eigenvalue weighted by molar-refractivity contribution is 5.90. The van der Waals surface area contributed by atoms with Crippen molar-refractivity contribution in [3.63, 3.8) is 0 Å². The highest BCUT2D eigenvalue weighted by Gasteiger charge is 2.10. The first kappa shape index (κ1) is 7.98. The molecule has 3 nitrogen and oxygen atoms in total. The smallest absolute Gasteiger partial charge is 0.168 e. The Balaban J connectivity index is 2.76. The summed E-state index contributed by atoms with van der Waals surface area (Å²) < 4.78 is 15.6. The van der Waals surface area contributed by atoms with E-state index in [4.69, 9.17) is 13.9 Å². The second-order valence-corrected chi connectivity index (χ2v) is 2.64. The van der Waals surface area contributed by atoms with Gasteiger partial charge in [-0.15, -0.1) is 0 Å². The summed E-state index contributed by atoms with van der Waals surface area (Å²) in [4.78, 5) is 0. The summed E-state index contributed by atoms with van der Waals surface area (Å²) in [6.07, 6.45) is 1.58. The van der Waals surface area contributed by atoms with Crippen LogP contribution in [0.15, 0.2) is 28.9 Å². The molecule has 0 N–H and O–H groups in total. The van der Waals surface area contributed by atoms with Gasteiger partial charge in [-0.25, -0.2) is 0 Å². The molecule has 0 saturated carbocycles. The molecule has 0 aliphatic rings. The van der Waals surface area contributed by atoms with Gasteiger partial charge in [-0.1, -0.05) is 6.07 Å². The van der Waals surface area contributed by atoms with E-state index in [1.807, 2.05) is 18.2 Å². The molecule has 0 atom stereocenters. The summed E-state index contributed by atoms with van der Waals surface area (Å²) in [6.45, 7) is 0. The highest BCUT2D eigenvalue weighted by Crippen LogP contribution is 2.35. The summed E-state index contributed by atoms with van der Waals surface area (Å²) in [5, 5.41) is 0.882. The molecule has 0 bridgehead atoms. The summed E-state index contributed by atoms with van der Waals surface area (Å²) in [6, 6.07) is 5.63. The lowest BCUT2D eigenvalue weighted by atomic mass is 10.2. The molecule has 0 fully saturated rings. The van der Waals surface area contributed by atoms with Crippen molar-refractivity contribution in [3.05, 3.63) is 24.5 Å². The van der Waals surface area contributed by atoms with Crippen molar-refractivity contribution in [2.75, 3.05) is 14.2 Å². The lowest BCUT2D eigenvalue weighted by molar-refractivity contribution is 0.402. The molecule has 1 heterocycles. The number of hydrogen-bond acceptors (Lipinski definition) is 3. The molecule has 68 valence electrons. The van der Waals surface area contributed by atoms with E-state index in [0.29, 0.717) is 5.75 Å². The summed E-state index contributed by atoms with van der Waals surface area (Å²) in [5.41, 5.74) is 0.774. The largest absolute Gasteiger partial charge is 0.496 e. The van der Waals surface area contributed by atoms with Crippen LogP contribution in [0.5, 0.6) is 11.5 Å². The lowest BCUT2D eigenvalue weighted by Gasteiger charge is -2.01. The van der Waals surface area contributed by atoms with E-state index in [-0.39, 0.29) is 0 Å². The second-order valence-electron chi connectivity index (χ2n) is 2.64. The van der Waals surface area contributed by atoms with Gasteiger partial charge in [0.25, 0.3) is 0 Å². The van der Waals surface area contributed by atoms with Gasteiger partial charge in [0.05, 0.1) is 14.2 Å². The molecule has 2 rings (SSSR count). The maximum Gasteiger partial charge on any atom is 0.168 e. The Morgan fingerprint density at radius 2 is 1.85 bits per heavy atom. The zero-order valence-electron chi connectivity index (χ0n) is 7.53. The van der Waals surface area contributed by atoms with E-state index in [0.717, 1.165) is 16.7 Å². The van der Waals surface area contributed by atoms with Gasteiger partial charge in [0.1, 0.15) is 23.0 Å². The monoisotopic (exact) mass is 178 g/mol. The number of benzene rings is 1. The normalized spacial score (nSPS) is 10.3. The molecule has 0 radical (unpaired) electrons. The van der Waals surface area contributed by atoms with Gasteiger partial charge < -0.3 is 13.9 Å². The fraction of sp³-hybridized carbons (Fsp3) is 0.200. The number of methoxy groups -OCH3 is 2. The van der Waals surface area contributed by atoms with Crippen molar-refractivity contribution in [1.29, 1.82) is 0 Å². The Bertz CT molecular complexity index is 417. The van der Waals surface area contributed by atoms with Crippen molar-refractivity contribution in [3.8, 4) is 11.5 Å². The van der Waals surface area contributed by atoms with Gasteiger partial charge in [-0.2, -0.15) is 0 Å². The minimum Gasteiger partial charge on any atom is -0.496 e. The third-order valence-corrected chi connectivity index (χ3v) is 1.97. The molecule has 0 spiro atoms. The van der Waals surface area contributed by atoms with Crippen LogP contribution >= 0.6 is 0 Å². The van der Waals surface area contributed by atoms with E-state index in [9.17, 15) is 0 Å². The Labute approximate surface area is 75.9 Å². The molecular formula is C10H10O3. The van der Waals surface area contributed by atoms with Crippen molar-refractivity contribution < 1.29 is 13.9 Å². The van der Waals surface area contributed by atoms with Crippen molar-refractivity contribution in [2.24, 2.45) is 0 Å². The van der Waals surface area contributed by atoms with Crippen LogP contribution in [0.3, 0.4) is 0 Å². The Morgan fingerprint density at radius 3 is 2.54 bits per heavy atom. The first-order valence-corrected chi connectivity index (χ1v) is 3.95. The fourth-order valence-electron chi connectivity index (χ4n) is 1.35. The lowest BCUT2D eigenvalue weighted by Crippen LogP contribution is -1.85. The van der Waals surface area contributed by atoms with E-state index < -0.39 is 0 Å². The zero-order valence-corrected chi connectivity index (χ0v) is 7.53. The average molecular weight is 178 g/mol. The maximum atomic E-state index is 5.28. The molecule has 1 aromatic carbocycles. The Kier molecular flexibility index (Phi) is 1.85. The number of rotatable bonds is 2. The Morgan fingerprint density at radius 1 is 1.08 bits per heavy atom. The van der Waals surface area contributed by atoms with Crippen molar-refractivity contribution in [1.82, 2.24) is 0 Å². The van der Waals surface area contributed by atoms with Gasteiger partial charge in [0.15, 0.2) is 5.75 Å². The standard InChI is InChI=1S/C10H10O3/c1-11-7-4-3-5-8-10(7)9(12-2)6-13-8/h3-6H,1-2H3. The van der Waals surface area contributed by atoms with Crippen molar-refractivity contribution in [2.45, 2.75) is 0 Å². The molecule has 0 aliphatic carbocycles. The summed E-state index contributed by atoms with van der Waals surface area (Å²) in [5.74, 6) is 1.47. The molecular weight excluding hydrogens is 168 g/mol. The van der Waals surface area contributed by atoms with Gasteiger partial charge in [-0.05, 0) is 12.1 Å². The molecule has 0 unspecified atom stereocenters. The molecule has 13 heavy (non-hydrogen) atoms. The van der Waals surface area contributed by atoms with Gasteiger partial charge in [0, 0.05) is 0 Å². The quantitative estimate of drug-likeness (QED) is 0.707.